The fourth-order valence-electron chi connectivity index (χ4n) is 1.37. The zero-order valence-electron chi connectivity index (χ0n) is 10.0. The van der Waals surface area contributed by atoms with Gasteiger partial charge in [0.05, 0.1) is 12.7 Å². The van der Waals surface area contributed by atoms with Crippen molar-refractivity contribution in [2.24, 2.45) is 0 Å². The molecule has 1 N–H and O–H groups in total. The van der Waals surface area contributed by atoms with Gasteiger partial charge in [0.15, 0.2) is 17.5 Å². The van der Waals surface area contributed by atoms with E-state index in [1.807, 2.05) is 0 Å². The van der Waals surface area contributed by atoms with Crippen LogP contribution in [0.15, 0.2) is 12.1 Å². The Kier molecular flexibility index (Phi) is 3.50. The van der Waals surface area contributed by atoms with Crippen LogP contribution in [0.5, 0.6) is 6.01 Å². The summed E-state index contributed by atoms with van der Waals surface area (Å²) < 4.78 is 44.5. The summed E-state index contributed by atoms with van der Waals surface area (Å²) in [6, 6.07) is 1.04. The molecule has 0 aliphatic rings. The van der Waals surface area contributed by atoms with Crippen LogP contribution in [-0.4, -0.2) is 29.1 Å². The van der Waals surface area contributed by atoms with Crippen LogP contribution in [0.1, 0.15) is 0 Å². The molecule has 0 saturated carbocycles. The summed E-state index contributed by atoms with van der Waals surface area (Å²) in [5, 5.41) is 2.62. The number of halogens is 3. The molecule has 100 valence electrons. The van der Waals surface area contributed by atoms with Crippen LogP contribution in [-0.2, 0) is 0 Å². The number of hydrogen-bond acceptors (Lipinski definition) is 5. The van der Waals surface area contributed by atoms with Crippen molar-refractivity contribution in [3.63, 3.8) is 0 Å². The number of anilines is 1. The maximum Gasteiger partial charge on any atom is 0.321 e. The first-order valence-corrected chi connectivity index (χ1v) is 5.18. The fraction of sp³-hybridized carbons (Fsp3) is 0.182. The monoisotopic (exact) mass is 270 g/mol. The van der Waals surface area contributed by atoms with Gasteiger partial charge in [-0.15, -0.1) is 0 Å². The molecular weight excluding hydrogens is 261 g/mol. The number of hydrogen-bond donors (Lipinski definition) is 1. The Morgan fingerprint density at radius 1 is 1.00 bits per heavy atom. The number of aromatic nitrogens is 3. The van der Waals surface area contributed by atoms with Gasteiger partial charge in [0.2, 0.25) is 5.95 Å². The van der Waals surface area contributed by atoms with E-state index < -0.39 is 17.5 Å². The summed E-state index contributed by atoms with van der Waals surface area (Å²) in [5.74, 6) is -3.49. The molecule has 19 heavy (non-hydrogen) atoms. The van der Waals surface area contributed by atoms with Crippen molar-refractivity contribution >= 4 is 5.95 Å². The fourth-order valence-corrected chi connectivity index (χ4v) is 1.37. The minimum atomic E-state index is -1.28. The van der Waals surface area contributed by atoms with E-state index in [1.165, 1.54) is 7.11 Å². The Morgan fingerprint density at radius 3 is 2.32 bits per heavy atom. The number of nitrogens with one attached hydrogen (secondary N) is 1. The molecule has 0 aliphatic carbocycles. The summed E-state index contributed by atoms with van der Waals surface area (Å²) in [6.45, 7) is 0. The van der Waals surface area contributed by atoms with Gasteiger partial charge in [0.1, 0.15) is 5.82 Å². The normalized spacial score (nSPS) is 10.4. The molecule has 0 atom stereocenters. The van der Waals surface area contributed by atoms with Gasteiger partial charge in [-0.3, -0.25) is 0 Å². The molecule has 0 fully saturated rings. The van der Waals surface area contributed by atoms with Gasteiger partial charge in [-0.2, -0.15) is 15.0 Å². The highest BCUT2D eigenvalue weighted by Gasteiger charge is 2.16. The van der Waals surface area contributed by atoms with Crippen molar-refractivity contribution < 1.29 is 17.9 Å². The average Bonchev–Trinajstić information content (AvgIpc) is 2.42. The summed E-state index contributed by atoms with van der Waals surface area (Å²) in [4.78, 5) is 11.5. The Morgan fingerprint density at radius 2 is 1.68 bits per heavy atom. The van der Waals surface area contributed by atoms with Gasteiger partial charge in [-0.05, 0) is 6.07 Å². The van der Waals surface area contributed by atoms with E-state index in [-0.39, 0.29) is 23.3 Å². The first kappa shape index (κ1) is 13.1. The van der Waals surface area contributed by atoms with E-state index in [0.29, 0.717) is 12.1 Å². The van der Waals surface area contributed by atoms with E-state index in [2.05, 4.69) is 20.3 Å². The molecule has 0 spiro atoms. The van der Waals surface area contributed by atoms with Gasteiger partial charge >= 0.3 is 6.01 Å². The second kappa shape index (κ2) is 5.09. The summed E-state index contributed by atoms with van der Waals surface area (Å²) in [6.07, 6.45) is 0. The molecule has 5 nitrogen and oxygen atoms in total. The molecule has 1 aromatic heterocycles. The zero-order chi connectivity index (χ0) is 14.0. The minimum absolute atomic E-state index is 0.0708. The molecule has 1 aromatic carbocycles. The van der Waals surface area contributed by atoms with Crippen LogP contribution in [0, 0.1) is 17.5 Å². The largest absolute Gasteiger partial charge is 0.467 e. The zero-order valence-corrected chi connectivity index (χ0v) is 10.0. The number of nitrogens with zero attached hydrogens (tertiary/aromatic N) is 3. The maximum atomic E-state index is 13.6. The lowest BCUT2D eigenvalue weighted by atomic mass is 10.2. The van der Waals surface area contributed by atoms with Gasteiger partial charge in [-0.1, -0.05) is 0 Å². The topological polar surface area (TPSA) is 59.9 Å². The van der Waals surface area contributed by atoms with Crippen LogP contribution in [0.2, 0.25) is 0 Å². The van der Waals surface area contributed by atoms with Crippen molar-refractivity contribution in [3.05, 3.63) is 29.6 Å². The van der Waals surface area contributed by atoms with E-state index in [1.54, 1.807) is 7.05 Å². The van der Waals surface area contributed by atoms with Crippen molar-refractivity contribution in [1.82, 2.24) is 15.0 Å². The third-order valence-electron chi connectivity index (χ3n) is 2.27. The molecule has 0 saturated heterocycles. The van der Waals surface area contributed by atoms with Crippen molar-refractivity contribution in [1.29, 1.82) is 0 Å². The number of ether oxygens (including phenoxy) is 1. The van der Waals surface area contributed by atoms with E-state index in [4.69, 9.17) is 4.74 Å². The van der Waals surface area contributed by atoms with Gasteiger partial charge < -0.3 is 10.1 Å². The van der Waals surface area contributed by atoms with Gasteiger partial charge in [0.25, 0.3) is 0 Å². The molecule has 0 bridgehead atoms. The lowest BCUT2D eigenvalue weighted by molar-refractivity contribution is 0.379. The summed E-state index contributed by atoms with van der Waals surface area (Å²) in [7, 11) is 2.86. The predicted molar refractivity (Wildman–Crippen MR) is 61.2 cm³/mol. The van der Waals surface area contributed by atoms with Crippen molar-refractivity contribution in [3.8, 4) is 17.4 Å². The number of benzene rings is 1. The number of methoxy groups -OCH3 is 1. The SMILES string of the molecule is CNc1nc(OC)nc(-c2cc(F)c(F)cc2F)n1. The highest BCUT2D eigenvalue weighted by molar-refractivity contribution is 5.57. The molecule has 0 unspecified atom stereocenters. The molecule has 2 rings (SSSR count). The Balaban J connectivity index is 2.61. The average molecular weight is 270 g/mol. The van der Waals surface area contributed by atoms with Gasteiger partial charge in [-0.25, -0.2) is 13.2 Å². The molecule has 0 aliphatic heterocycles. The van der Waals surface area contributed by atoms with E-state index in [0.717, 1.165) is 0 Å². The Bertz CT molecular complexity index is 599. The summed E-state index contributed by atoms with van der Waals surface area (Å²) in [5.41, 5.74) is -0.281. The van der Waals surface area contributed by atoms with Crippen molar-refractivity contribution in [2.45, 2.75) is 0 Å². The van der Waals surface area contributed by atoms with Crippen molar-refractivity contribution in [2.75, 3.05) is 19.5 Å². The summed E-state index contributed by atoms with van der Waals surface area (Å²) >= 11 is 0. The molecule has 1 heterocycles. The molecule has 0 amide bonds. The first-order chi connectivity index (χ1) is 9.05. The highest BCUT2D eigenvalue weighted by atomic mass is 19.2. The second-order valence-electron chi connectivity index (χ2n) is 3.47. The van der Waals surface area contributed by atoms with Crippen LogP contribution in [0.25, 0.3) is 11.4 Å². The molecule has 2 aromatic rings. The maximum absolute atomic E-state index is 13.6. The standard InChI is InChI=1S/C11H9F3N4O/c1-15-10-16-9(17-11(18-10)19-2)5-3-7(13)8(14)4-6(5)12/h3-4H,1-2H3,(H,15,16,17,18). The van der Waals surface area contributed by atoms with Crippen LogP contribution < -0.4 is 10.1 Å². The van der Waals surface area contributed by atoms with E-state index >= 15 is 0 Å². The minimum Gasteiger partial charge on any atom is -0.467 e. The smallest absolute Gasteiger partial charge is 0.321 e. The molecular formula is C11H9F3N4O. The highest BCUT2D eigenvalue weighted by Crippen LogP contribution is 2.24. The molecule has 0 radical (unpaired) electrons. The second-order valence-corrected chi connectivity index (χ2v) is 3.47. The molecule has 8 heteroatoms. The lowest BCUT2D eigenvalue weighted by Gasteiger charge is -2.07. The van der Waals surface area contributed by atoms with Crippen LogP contribution in [0.3, 0.4) is 0 Å². The van der Waals surface area contributed by atoms with Crippen LogP contribution in [0.4, 0.5) is 19.1 Å². The van der Waals surface area contributed by atoms with Gasteiger partial charge in [0, 0.05) is 13.1 Å². The van der Waals surface area contributed by atoms with Crippen LogP contribution >= 0.6 is 0 Å². The third kappa shape index (κ3) is 2.56. The third-order valence-corrected chi connectivity index (χ3v) is 2.27. The Hall–Kier alpha value is -2.38. The van der Waals surface area contributed by atoms with E-state index in [9.17, 15) is 13.2 Å². The Labute approximate surface area is 106 Å². The lowest BCUT2D eigenvalue weighted by Crippen LogP contribution is -2.04. The quantitative estimate of drug-likeness (QED) is 0.864. The first-order valence-electron chi connectivity index (χ1n) is 5.18. The number of rotatable bonds is 3. The predicted octanol–water partition coefficient (Wildman–Crippen LogP) is 2.01.